The number of carbonyl (C=O) groups excluding carboxylic acids is 1. The Morgan fingerprint density at radius 1 is 0.455 bits per heavy atom. The van der Waals surface area contributed by atoms with E-state index in [1.807, 2.05) is 0 Å². The van der Waals surface area contributed by atoms with Crippen LogP contribution in [0.4, 0.5) is 0 Å². The van der Waals surface area contributed by atoms with Crippen LogP contribution in [-0.4, -0.2) is 315 Å². The highest BCUT2D eigenvalue weighted by Crippen LogP contribution is 2.36. The highest BCUT2D eigenvalue weighted by Gasteiger charge is 2.55. The van der Waals surface area contributed by atoms with Crippen LogP contribution in [0.3, 0.4) is 0 Å². The van der Waals surface area contributed by atoms with Crippen LogP contribution in [0.2, 0.25) is 0 Å². The van der Waals surface area contributed by atoms with Crippen LogP contribution in [0.5, 0.6) is 0 Å². The van der Waals surface area contributed by atoms with Gasteiger partial charge in [-0.05, 0) is 0 Å². The molecule has 0 amide bonds. The van der Waals surface area contributed by atoms with Crippen molar-refractivity contribution < 1.29 is 149 Å². The predicted molar refractivity (Wildman–Crippen MR) is 199 cm³/mol. The summed E-state index contributed by atoms with van der Waals surface area (Å²) in [6, 6.07) is 0. The summed E-state index contributed by atoms with van der Waals surface area (Å²) in [5.74, 6) is 0. The summed E-state index contributed by atoms with van der Waals surface area (Å²) in [5.41, 5.74) is 0. The molecule has 19 N–H and O–H groups in total. The lowest BCUT2D eigenvalue weighted by molar-refractivity contribution is -0.388. The predicted octanol–water partition coefficient (Wildman–Crippen LogP) is -13.2. The molecule has 5 heterocycles. The van der Waals surface area contributed by atoms with E-state index in [4.69, 9.17) is 47.4 Å². The van der Waals surface area contributed by atoms with Crippen LogP contribution in [-0.2, 0) is 52.2 Å². The number of ether oxygens (including phenoxy) is 10. The smallest absolute Gasteiger partial charge is 0.187 e. The van der Waals surface area contributed by atoms with E-state index in [2.05, 4.69) is 0 Å². The third-order valence-electron chi connectivity index (χ3n) is 11.9. The van der Waals surface area contributed by atoms with Crippen molar-refractivity contribution in [3.05, 3.63) is 0 Å². The fourth-order valence-corrected chi connectivity index (χ4v) is 8.07. The molecule has 5 saturated heterocycles. The molecule has 0 aromatic rings. The molecule has 0 saturated carbocycles. The van der Waals surface area contributed by atoms with E-state index in [0.29, 0.717) is 0 Å². The third kappa shape index (κ3) is 12.0. The molecule has 0 aromatic heterocycles. The lowest BCUT2D eigenvalue weighted by Gasteiger charge is -2.49. The number of aliphatic hydroxyl groups excluding tert-OH is 19. The normalized spacial score (nSPS) is 47.7. The van der Waals surface area contributed by atoms with Crippen molar-refractivity contribution in [1.82, 2.24) is 0 Å². The first kappa shape index (κ1) is 55.4. The first-order valence-electron chi connectivity index (χ1n) is 20.8. The first-order valence-corrected chi connectivity index (χ1v) is 20.8. The largest absolute Gasteiger partial charge is 0.394 e. The van der Waals surface area contributed by atoms with Crippen molar-refractivity contribution in [3.63, 3.8) is 0 Å². The highest BCUT2D eigenvalue weighted by atomic mass is 16.8. The molecule has 5 rings (SSSR count). The average Bonchev–Trinajstić information content (AvgIpc) is 3.31. The summed E-state index contributed by atoms with van der Waals surface area (Å²) in [5, 5.41) is 197. The maximum absolute atomic E-state index is 11.2. The molecule has 0 bridgehead atoms. The molecule has 0 radical (unpaired) electrons. The van der Waals surface area contributed by atoms with Crippen LogP contribution in [0, 0.1) is 0 Å². The Bertz CT molecular complexity index is 1450. The van der Waals surface area contributed by atoms with Gasteiger partial charge in [-0.3, -0.25) is 0 Å². The van der Waals surface area contributed by atoms with Gasteiger partial charge in [0.15, 0.2) is 37.7 Å². The number of aldehydes is 1. The van der Waals surface area contributed by atoms with E-state index in [1.54, 1.807) is 0 Å². The van der Waals surface area contributed by atoms with E-state index < -0.39 is 218 Å². The number of hydrogen-bond acceptors (Lipinski definition) is 30. The zero-order valence-corrected chi connectivity index (χ0v) is 34.7. The molecule has 0 unspecified atom stereocenters. The summed E-state index contributed by atoms with van der Waals surface area (Å²) in [6.45, 7) is -5.68. The summed E-state index contributed by atoms with van der Waals surface area (Å²) >= 11 is 0. The van der Waals surface area contributed by atoms with Gasteiger partial charge in [-0.15, -0.1) is 0 Å². The Morgan fingerprint density at radius 3 is 1.27 bits per heavy atom. The van der Waals surface area contributed by atoms with E-state index >= 15 is 0 Å². The molecule has 0 spiro atoms. The van der Waals surface area contributed by atoms with Crippen molar-refractivity contribution in [2.45, 2.75) is 178 Å². The van der Waals surface area contributed by atoms with Gasteiger partial charge in [0.1, 0.15) is 134 Å². The zero-order chi connectivity index (χ0) is 48.9. The Labute approximate surface area is 373 Å². The molecule has 0 aliphatic carbocycles. The standard InChI is InChI=1S/C36H62O30/c37-2-10(45)18(47)29(11(46)3-38)64-35-25(54)21(50)30(14(6-41)59-35)62-17-1-9(44)28(13(5-40)57-17)63-34-26(55)22(51)32(15(7-42)60-34)66-36-27(56)23(52)31(16(8-43)61-36)65-33-24(53)20(49)19(48)12(4-39)58-33/h2,9-36,38-56H,1,3-8H2/t9-,10+,11-,12+,13-,14-,15-,16-,17-,18-,19-,20+,21-,22-,23+,24-,25-,26-,27-,28+,29-,30-,31-,32-,33-,34-,35-,36-/m1/s1. The molecule has 66 heavy (non-hydrogen) atoms. The van der Waals surface area contributed by atoms with Crippen LogP contribution >= 0.6 is 0 Å². The van der Waals surface area contributed by atoms with Crippen molar-refractivity contribution in [2.24, 2.45) is 0 Å². The van der Waals surface area contributed by atoms with Gasteiger partial charge in [0.05, 0.1) is 45.7 Å². The van der Waals surface area contributed by atoms with E-state index in [0.717, 1.165) is 0 Å². The molecule has 30 heteroatoms. The summed E-state index contributed by atoms with van der Waals surface area (Å²) in [7, 11) is 0. The number of rotatable bonds is 20. The topological polar surface area (TPSA) is 494 Å². The maximum Gasteiger partial charge on any atom is 0.187 e. The molecular formula is C36H62O30. The van der Waals surface area contributed by atoms with Gasteiger partial charge < -0.3 is 149 Å². The highest BCUT2D eigenvalue weighted by molar-refractivity contribution is 5.56. The van der Waals surface area contributed by atoms with Crippen molar-refractivity contribution >= 4 is 6.29 Å². The molecule has 28 atom stereocenters. The van der Waals surface area contributed by atoms with E-state index in [-0.39, 0.29) is 6.29 Å². The molecule has 386 valence electrons. The van der Waals surface area contributed by atoms with Gasteiger partial charge in [-0.1, -0.05) is 0 Å². The zero-order valence-electron chi connectivity index (χ0n) is 34.7. The third-order valence-corrected chi connectivity index (χ3v) is 11.9. The second kappa shape index (κ2) is 24.6. The molecule has 0 aromatic carbocycles. The molecule has 5 fully saturated rings. The van der Waals surface area contributed by atoms with Crippen molar-refractivity contribution in [1.29, 1.82) is 0 Å². The number of hydrogen-bond donors (Lipinski definition) is 19. The molecular weight excluding hydrogens is 912 g/mol. The Morgan fingerprint density at radius 2 is 0.833 bits per heavy atom. The molecule has 5 aliphatic rings. The van der Waals surface area contributed by atoms with Crippen LogP contribution < -0.4 is 0 Å². The summed E-state index contributed by atoms with van der Waals surface area (Å²) in [4.78, 5) is 11.0. The van der Waals surface area contributed by atoms with Gasteiger partial charge in [0.25, 0.3) is 0 Å². The Balaban J connectivity index is 1.19. The number of aliphatic hydroxyl groups is 19. The lowest BCUT2D eigenvalue weighted by atomic mass is 9.95. The summed E-state index contributed by atoms with van der Waals surface area (Å²) in [6.07, 6.45) is -52.4. The van der Waals surface area contributed by atoms with Gasteiger partial charge >= 0.3 is 0 Å². The minimum absolute atomic E-state index is 0.102. The number of carbonyl (C=O) groups is 1. The quantitative estimate of drug-likeness (QED) is 0.0504. The van der Waals surface area contributed by atoms with Crippen LogP contribution in [0.15, 0.2) is 0 Å². The second-order valence-corrected chi connectivity index (χ2v) is 16.3. The van der Waals surface area contributed by atoms with E-state index in [9.17, 15) is 102 Å². The molecule has 30 nitrogen and oxygen atoms in total. The van der Waals surface area contributed by atoms with E-state index in [1.165, 1.54) is 0 Å². The average molecular weight is 975 g/mol. The monoisotopic (exact) mass is 974 g/mol. The lowest BCUT2D eigenvalue weighted by Crippen LogP contribution is -2.67. The van der Waals surface area contributed by atoms with Crippen LogP contribution in [0.1, 0.15) is 6.42 Å². The van der Waals surface area contributed by atoms with Gasteiger partial charge in [0.2, 0.25) is 0 Å². The molecule has 5 aliphatic heterocycles. The van der Waals surface area contributed by atoms with Gasteiger partial charge in [0, 0.05) is 6.42 Å². The second-order valence-electron chi connectivity index (χ2n) is 16.3. The van der Waals surface area contributed by atoms with Crippen molar-refractivity contribution in [2.75, 3.05) is 39.6 Å². The fourth-order valence-electron chi connectivity index (χ4n) is 8.07. The first-order chi connectivity index (χ1) is 31.3. The van der Waals surface area contributed by atoms with Crippen LogP contribution in [0.25, 0.3) is 0 Å². The Kier molecular flexibility index (Phi) is 20.6. The maximum atomic E-state index is 11.2. The fraction of sp³-hybridized carbons (Fsp3) is 0.972. The summed E-state index contributed by atoms with van der Waals surface area (Å²) < 4.78 is 55.6. The minimum Gasteiger partial charge on any atom is -0.394 e. The van der Waals surface area contributed by atoms with Gasteiger partial charge in [-0.25, -0.2) is 0 Å². The Hall–Kier alpha value is -1.49. The van der Waals surface area contributed by atoms with Gasteiger partial charge in [-0.2, -0.15) is 0 Å². The SMILES string of the molecule is O=C[C@H](O)[C@@H](O)[C@H](O[C@H]1O[C@H](CO)[C@@H](O[C@@H]2C[C@@H](O)[C@H](O[C@H]3O[C@H](CO)[C@@H](O[C@H]4O[C@H](CO)[C@@H](O[C@H]5O[C@@H](CO)[C@@H](O)[C@H](O)[C@H]5O)[C@@H](O)[C@H]4O)[C@H](O)[C@H]3O)[C@@H](CO)O2)[C@H](O)[C@H]1O)[C@H](O)CO. The minimum atomic E-state index is -2.16. The van der Waals surface area contributed by atoms with Crippen molar-refractivity contribution in [3.8, 4) is 0 Å².